The number of fused-ring (bicyclic) bond motifs is 1. The number of H-pyrrole nitrogens is 1. The average Bonchev–Trinajstić information content (AvgIpc) is 3.10. The number of nitrogens with one attached hydrogen (secondary N) is 1. The Morgan fingerprint density at radius 2 is 1.62 bits per heavy atom. The van der Waals surface area contributed by atoms with E-state index in [9.17, 15) is 48.2 Å². The Hall–Kier alpha value is -2.29. The lowest BCUT2D eigenvalue weighted by atomic mass is 10.1. The highest BCUT2D eigenvalue weighted by atomic mass is 31.3. The van der Waals surface area contributed by atoms with Gasteiger partial charge in [-0.15, -0.1) is 0 Å². The van der Waals surface area contributed by atoms with Crippen LogP contribution in [0.1, 0.15) is 11.8 Å². The molecule has 39 heavy (non-hydrogen) atoms. The smallest absolute Gasteiger partial charge is 0.330 e. The van der Waals surface area contributed by atoms with Crippen molar-refractivity contribution in [3.8, 4) is 0 Å². The van der Waals surface area contributed by atoms with E-state index in [0.29, 0.717) is 15.3 Å². The third-order valence-electron chi connectivity index (χ3n) is 5.53. The molecule has 16 nitrogen and oxygen atoms in total. The van der Waals surface area contributed by atoms with E-state index in [2.05, 4.69) is 13.1 Å². The van der Waals surface area contributed by atoms with Crippen LogP contribution < -0.4 is 25.9 Å². The zero-order valence-electron chi connectivity index (χ0n) is 19.5. The van der Waals surface area contributed by atoms with Crippen LogP contribution in [0.25, 0.3) is 10.8 Å². The van der Waals surface area contributed by atoms with Gasteiger partial charge in [-0.05, 0) is 16.3 Å². The number of hydrogen-bond donors (Lipinski definition) is 3. The first-order valence-corrected chi connectivity index (χ1v) is 15.6. The molecule has 1 saturated heterocycles. The molecule has 4 rings (SSSR count). The molecule has 0 saturated carbocycles. The normalized spacial score (nSPS) is 26.1. The highest BCUT2D eigenvalue weighted by Gasteiger charge is 2.44. The summed E-state index contributed by atoms with van der Waals surface area (Å²) in [4.78, 5) is 61.6. The van der Waals surface area contributed by atoms with Gasteiger partial charge in [-0.2, -0.15) is 0 Å². The number of nitrogens with zero attached hydrogens (tertiary/aromatic N) is 1. The van der Waals surface area contributed by atoms with Crippen molar-refractivity contribution in [3.63, 3.8) is 0 Å². The van der Waals surface area contributed by atoms with Crippen LogP contribution in [0.15, 0.2) is 64.3 Å². The fourth-order valence-corrected chi connectivity index (χ4v) is 7.90. The van der Waals surface area contributed by atoms with Crippen LogP contribution in [-0.2, 0) is 37.7 Å². The zero-order chi connectivity index (χ0) is 28.6. The summed E-state index contributed by atoms with van der Waals surface area (Å²) in [5, 5.41) is 21.5. The lowest BCUT2D eigenvalue weighted by Gasteiger charge is -2.35. The molecule has 1 aliphatic heterocycles. The minimum Gasteiger partial charge on any atom is -0.778 e. The quantitative estimate of drug-likeness (QED) is 0.236. The van der Waals surface area contributed by atoms with Crippen LogP contribution in [-0.4, -0.2) is 44.7 Å². The molecule has 3 N–H and O–H groups in total. The summed E-state index contributed by atoms with van der Waals surface area (Å²) in [6.07, 6.45) is -6.76. The molecule has 212 valence electrons. The fourth-order valence-electron chi connectivity index (χ4n) is 3.87. The van der Waals surface area contributed by atoms with E-state index in [0.717, 1.165) is 12.3 Å². The number of aromatic amines is 1. The van der Waals surface area contributed by atoms with Gasteiger partial charge in [0.15, 0.2) is 6.23 Å². The summed E-state index contributed by atoms with van der Waals surface area (Å²) in [6.45, 7) is -1.11. The molecule has 7 atom stereocenters. The van der Waals surface area contributed by atoms with Gasteiger partial charge in [0.1, 0.15) is 25.9 Å². The first-order valence-electron chi connectivity index (χ1n) is 11.0. The van der Waals surface area contributed by atoms with Crippen LogP contribution in [0.3, 0.4) is 0 Å². The van der Waals surface area contributed by atoms with E-state index in [4.69, 9.17) is 4.74 Å². The number of aliphatic hydroxyl groups is 2. The number of phosphoric ester groups is 1. The molecule has 1 aliphatic rings. The molecule has 0 bridgehead atoms. The molecule has 0 aliphatic carbocycles. The molecule has 1 fully saturated rings. The fraction of sp³-hybridized carbons (Fsp3) is 0.300. The van der Waals surface area contributed by atoms with Crippen molar-refractivity contribution in [2.45, 2.75) is 30.7 Å². The monoisotopic (exact) mass is 605 g/mol. The van der Waals surface area contributed by atoms with Gasteiger partial charge in [-0.3, -0.25) is 27.8 Å². The minimum atomic E-state index is -6.05. The highest BCUT2D eigenvalue weighted by Crippen LogP contribution is 2.63. The molecular formula is C20H20N2O14P3-3. The highest BCUT2D eigenvalue weighted by molar-refractivity contribution is 7.66. The third-order valence-corrected chi connectivity index (χ3v) is 10.1. The van der Waals surface area contributed by atoms with Gasteiger partial charge in [-0.1, -0.05) is 42.5 Å². The Labute approximate surface area is 218 Å². The largest absolute Gasteiger partial charge is 0.778 e. The maximum Gasteiger partial charge on any atom is 0.330 e. The second-order valence-corrected chi connectivity index (χ2v) is 13.2. The zero-order valence-corrected chi connectivity index (χ0v) is 22.2. The molecule has 0 radical (unpaired) electrons. The molecule has 19 heteroatoms. The number of rotatable bonds is 10. The Kier molecular flexibility index (Phi) is 8.60. The molecule has 0 spiro atoms. The van der Waals surface area contributed by atoms with Crippen molar-refractivity contribution in [1.82, 2.24) is 9.55 Å². The second kappa shape index (κ2) is 11.3. The van der Waals surface area contributed by atoms with Gasteiger partial charge in [0.25, 0.3) is 21.2 Å². The Bertz CT molecular complexity index is 1620. The van der Waals surface area contributed by atoms with E-state index in [1.54, 1.807) is 36.4 Å². The minimum absolute atomic E-state index is 0.190. The van der Waals surface area contributed by atoms with Crippen LogP contribution in [0.2, 0.25) is 0 Å². The first-order chi connectivity index (χ1) is 18.2. The molecule has 1 aromatic heterocycles. The van der Waals surface area contributed by atoms with Gasteiger partial charge < -0.3 is 38.7 Å². The number of hydrogen-bond acceptors (Lipinski definition) is 14. The van der Waals surface area contributed by atoms with Crippen molar-refractivity contribution in [1.29, 1.82) is 0 Å². The van der Waals surface area contributed by atoms with Gasteiger partial charge in [0.05, 0.1) is 6.61 Å². The summed E-state index contributed by atoms with van der Waals surface area (Å²) in [7, 11) is -17.1. The van der Waals surface area contributed by atoms with Crippen molar-refractivity contribution in [3.05, 3.63) is 81.1 Å². The number of aliphatic hydroxyl groups excluding tert-OH is 2. The summed E-state index contributed by atoms with van der Waals surface area (Å²) >= 11 is 0. The summed E-state index contributed by atoms with van der Waals surface area (Å²) < 4.78 is 54.8. The standard InChI is InChI=1S/C20H23N2O14P3/c23-16-8-9-22(20(26)21-16)19-18(25)17(24)15(34-19)10-33-38(29,30)36-39(31,32)35-37(27,28)11-13-6-3-5-12-4-1-2-7-14(12)13/h1-9,15,17-19,24-25H,10-11H2,(H,27,28)(H,29,30)(H,31,32)(H,21,23,26)/p-3/t15-,17?,18+,19-/m1/s1. The third kappa shape index (κ3) is 7.27. The van der Waals surface area contributed by atoms with Crippen LogP contribution in [0.4, 0.5) is 0 Å². The number of phosphoric acid groups is 2. The van der Waals surface area contributed by atoms with Crippen molar-refractivity contribution in [2.75, 3.05) is 6.61 Å². The van der Waals surface area contributed by atoms with Crippen molar-refractivity contribution >= 4 is 34.0 Å². The van der Waals surface area contributed by atoms with Gasteiger partial charge in [0, 0.05) is 18.4 Å². The number of benzene rings is 2. The lowest BCUT2D eigenvalue weighted by molar-refractivity contribution is -0.246. The molecular weight excluding hydrogens is 585 g/mol. The topological polar surface area (TPSA) is 253 Å². The summed E-state index contributed by atoms with van der Waals surface area (Å²) in [5.74, 6) is 0. The van der Waals surface area contributed by atoms with Crippen LogP contribution in [0, 0.1) is 0 Å². The first kappa shape index (κ1) is 29.7. The van der Waals surface area contributed by atoms with Gasteiger partial charge in [-0.25, -0.2) is 9.11 Å². The Morgan fingerprint density at radius 1 is 0.923 bits per heavy atom. The van der Waals surface area contributed by atoms with E-state index < -0.39 is 71.8 Å². The summed E-state index contributed by atoms with van der Waals surface area (Å²) in [5.41, 5.74) is -1.57. The van der Waals surface area contributed by atoms with Gasteiger partial charge in [0.2, 0.25) is 0 Å². The molecule has 3 aromatic rings. The molecule has 4 unspecified atom stereocenters. The maximum atomic E-state index is 12.4. The van der Waals surface area contributed by atoms with E-state index in [1.807, 2.05) is 4.98 Å². The van der Waals surface area contributed by atoms with Crippen molar-refractivity contribution in [2.24, 2.45) is 0 Å². The Balaban J connectivity index is 1.38. The lowest BCUT2D eigenvalue weighted by Crippen LogP contribution is -2.37. The number of ether oxygens (including phenoxy) is 1. The van der Waals surface area contributed by atoms with Gasteiger partial charge >= 0.3 is 5.69 Å². The maximum absolute atomic E-state index is 12.4. The summed E-state index contributed by atoms with van der Waals surface area (Å²) in [6, 6.07) is 12.2. The second-order valence-electron chi connectivity index (χ2n) is 8.32. The SMILES string of the molecule is O=c1ccn([C@@H]2O[C@H](COP(=O)([O-])OP(=O)([O-])OP(=O)([O-])Cc3cccc4ccccc34)C(O)[C@@H]2O)c(=O)[nH]1. The van der Waals surface area contributed by atoms with Crippen LogP contribution in [0.5, 0.6) is 0 Å². The Morgan fingerprint density at radius 3 is 2.33 bits per heavy atom. The molecule has 2 heterocycles. The van der Waals surface area contributed by atoms with Crippen LogP contribution >= 0.6 is 23.2 Å². The molecule has 2 aromatic carbocycles. The van der Waals surface area contributed by atoms with E-state index in [1.165, 1.54) is 6.07 Å². The number of aromatic nitrogens is 2. The average molecular weight is 605 g/mol. The molecule has 0 amide bonds. The predicted molar refractivity (Wildman–Crippen MR) is 126 cm³/mol. The van der Waals surface area contributed by atoms with E-state index in [-0.39, 0.29) is 5.56 Å². The predicted octanol–water partition coefficient (Wildman–Crippen LogP) is -0.951. The van der Waals surface area contributed by atoms with Crippen molar-refractivity contribution < 1.29 is 56.5 Å². The van der Waals surface area contributed by atoms with E-state index >= 15 is 0 Å².